The number of carbonyl (C=O) groups excluding carboxylic acids is 5. The number of hydrogen-bond acceptors (Lipinski definition) is 33. The number of ketones is 1. The fraction of sp³-hybridized carbons (Fsp3) is 0.608. The second-order valence-electron chi connectivity index (χ2n) is 29.4. The lowest BCUT2D eigenvalue weighted by molar-refractivity contribution is -0.314. The number of hydrazine groups is 1. The number of phenolic OH excluding ortho intramolecular Hbond substituents is 3. The van der Waals surface area contributed by atoms with Gasteiger partial charge in [0.25, 0.3) is 17.6 Å². The van der Waals surface area contributed by atoms with E-state index in [-0.39, 0.29) is 56.7 Å². The van der Waals surface area contributed by atoms with Crippen LogP contribution in [0.3, 0.4) is 0 Å². The van der Waals surface area contributed by atoms with Crippen molar-refractivity contribution in [2.75, 3.05) is 52.3 Å². The van der Waals surface area contributed by atoms with Gasteiger partial charge in [-0.25, -0.2) is 15.8 Å². The van der Waals surface area contributed by atoms with E-state index in [1.54, 1.807) is 52.0 Å². The fourth-order valence-corrected chi connectivity index (χ4v) is 15.1. The molecule has 25 N–H and O–H groups in total. The van der Waals surface area contributed by atoms with Crippen molar-refractivity contribution < 1.29 is 123 Å². The zero-order valence-corrected chi connectivity index (χ0v) is 64.7. The Hall–Kier alpha value is -8.85. The van der Waals surface area contributed by atoms with Crippen molar-refractivity contribution in [1.29, 1.82) is 0 Å². The Kier molecular flexibility index (Phi) is 30.6. The summed E-state index contributed by atoms with van der Waals surface area (Å²) < 4.78 is 46.7. The number of aliphatic hydroxyl groups is 9. The van der Waals surface area contributed by atoms with Crippen LogP contribution in [0.15, 0.2) is 75.8 Å². The van der Waals surface area contributed by atoms with Crippen molar-refractivity contribution >= 4 is 64.4 Å². The van der Waals surface area contributed by atoms with E-state index in [0.29, 0.717) is 24.7 Å². The number of rotatable bonds is 15. The molecule has 5 fully saturated rings. The number of fused-ring (bicyclic) bond motifs is 14. The lowest BCUT2D eigenvalue weighted by Crippen LogP contribution is -2.66. The van der Waals surface area contributed by atoms with E-state index in [9.17, 15) is 85.3 Å². The molecule has 39 heteroatoms. The van der Waals surface area contributed by atoms with Gasteiger partial charge >= 0.3 is 11.8 Å². The summed E-state index contributed by atoms with van der Waals surface area (Å²) in [6.45, 7) is 16.0. The average molecular weight is 1600 g/mol. The molecule has 8 aliphatic rings. The number of anilines is 1. The number of aldehydes is 1. The van der Waals surface area contributed by atoms with Crippen LogP contribution < -0.4 is 49.6 Å². The van der Waals surface area contributed by atoms with Crippen molar-refractivity contribution in [2.45, 2.75) is 215 Å². The number of piperazine rings is 1. The van der Waals surface area contributed by atoms with E-state index in [0.717, 1.165) is 13.1 Å². The largest absolute Gasteiger partial charge is 0.507 e. The highest BCUT2D eigenvalue weighted by atomic mass is 16.8. The number of pyridine rings is 1. The molecular formula is C74H110N14O25. The Bertz CT molecular complexity index is 4010. The average Bonchev–Trinajstić information content (AvgIpc) is 1.66. The molecule has 7 heterocycles. The highest BCUT2D eigenvalue weighted by Gasteiger charge is 2.61. The number of methoxy groups -OCH3 is 1. The van der Waals surface area contributed by atoms with Crippen LogP contribution in [0.25, 0.3) is 10.8 Å². The van der Waals surface area contributed by atoms with E-state index in [1.807, 2.05) is 10.4 Å². The molecule has 0 radical (unpaired) electrons. The number of esters is 1. The number of carbonyl (C=O) groups is 5. The highest BCUT2D eigenvalue weighted by molar-refractivity contribution is 6.24. The van der Waals surface area contributed by atoms with Gasteiger partial charge in [0.2, 0.25) is 0 Å². The number of allylic oxidation sites excluding steroid dienone is 2. The third-order valence-electron chi connectivity index (χ3n) is 21.9. The number of hydrogen-bond donors (Lipinski definition) is 20. The third kappa shape index (κ3) is 19.6. The van der Waals surface area contributed by atoms with Crippen LogP contribution in [-0.2, 0) is 47.5 Å². The fourth-order valence-electron chi connectivity index (χ4n) is 15.1. The van der Waals surface area contributed by atoms with Crippen LogP contribution in [0.2, 0.25) is 0 Å². The first-order chi connectivity index (χ1) is 53.4. The molecular weight excluding hydrogens is 1480 g/mol. The Morgan fingerprint density at radius 2 is 1.42 bits per heavy atom. The van der Waals surface area contributed by atoms with Crippen LogP contribution in [0.4, 0.5) is 5.69 Å². The van der Waals surface area contributed by atoms with Crippen molar-refractivity contribution in [3.05, 3.63) is 82.9 Å². The first-order valence-corrected chi connectivity index (χ1v) is 37.0. The first-order valence-electron chi connectivity index (χ1n) is 37.0. The molecule has 2 aromatic carbocycles. The number of aromatic hydroxyl groups is 3. The molecule has 2 saturated carbocycles. The minimum absolute atomic E-state index is 0.0631. The molecule has 5 bridgehead atoms. The predicted molar refractivity (Wildman–Crippen MR) is 406 cm³/mol. The molecule has 24 atom stereocenters. The molecule has 1 aromatic heterocycles. The van der Waals surface area contributed by atoms with Crippen molar-refractivity contribution in [3.8, 4) is 23.0 Å². The van der Waals surface area contributed by atoms with Gasteiger partial charge in [-0.1, -0.05) is 58.8 Å². The van der Waals surface area contributed by atoms with Crippen LogP contribution >= 0.6 is 0 Å². The number of nitrogens with zero attached hydrogens (tertiary/aromatic N) is 6. The number of nitrogens with two attached hydrogens (primary N) is 5. The molecule has 626 valence electrons. The number of aliphatic imine (C=N–C) groups is 2. The summed E-state index contributed by atoms with van der Waals surface area (Å²) in [5.74, 6) is -4.73. The summed E-state index contributed by atoms with van der Waals surface area (Å²) in [5.41, 5.74) is 21.6. The third-order valence-corrected chi connectivity index (χ3v) is 21.9. The van der Waals surface area contributed by atoms with E-state index in [4.69, 9.17) is 66.7 Å². The monoisotopic (exact) mass is 1590 g/mol. The van der Waals surface area contributed by atoms with Crippen LogP contribution in [0.5, 0.6) is 23.0 Å². The number of hydrazone groups is 1. The van der Waals surface area contributed by atoms with Gasteiger partial charge in [0.05, 0.1) is 71.7 Å². The summed E-state index contributed by atoms with van der Waals surface area (Å²) in [6, 6.07) is -0.357. The van der Waals surface area contributed by atoms with Gasteiger partial charge < -0.3 is 133 Å². The topological polar surface area (TPSA) is 625 Å². The number of aromatic nitrogens is 1. The molecule has 2 amide bonds. The number of ether oxygens (including phenoxy) is 8. The second kappa shape index (κ2) is 38.5. The summed E-state index contributed by atoms with van der Waals surface area (Å²) in [7, 11) is 2.86. The van der Waals surface area contributed by atoms with E-state index in [1.165, 1.54) is 111 Å². The summed E-state index contributed by atoms with van der Waals surface area (Å²) in [6.07, 6.45) is -4.50. The number of Topliss-reactive ketones (excluding diaryl/α,β-unsaturated/α-hetero) is 1. The van der Waals surface area contributed by atoms with Gasteiger partial charge in [-0.15, -0.1) is 0 Å². The molecule has 0 spiro atoms. The summed E-state index contributed by atoms with van der Waals surface area (Å²) >= 11 is 0. The molecule has 2 aliphatic carbocycles. The lowest BCUT2D eigenvalue weighted by atomic mass is 9.78. The Morgan fingerprint density at radius 1 is 0.779 bits per heavy atom. The standard InChI is InChI=1S/C47H64N4O12.C21H39N7O12.C6H7N3O/c1-24-13-12-14-25(2)46(59)49-37-32(23-48-51-20-18-50(19-21-51)31-15-10-11-16-31)41(56)34-35(42(37)57)40(55)29(6)44-36(34)45(58)47(8,63-44)61-22-17-33(60-9)26(3)43(62-30(7)52)28(5)39(54)27(4)38(24)53;1-5-21(36,4-30)16(40-17-9(26-2)13(34)10(31)6(3-29)38-17)18(37-5)39-15-8(28-20(24)25)11(32)7(27-19(22)23)12(33)14(15)35;7-9-6(10)5-1-3-8-4-2-5/h12-14,17,22-24,26-28,31,33,38-39,43,53-57H,10-11,15-16,18-21H2,1-9H3,(H,49,59);4-18,26,29,31-36H,3H2,1-2H3,(H4,22,23,27)(H4,24,25,28);1-4H,7H2,(H,9,10)/b13-12+,22-17+,25-14-,48-23-;;/t24-,26-,27-,28-,33+,38+,39+,43-,47+;5-,6-,7+,8-,9-,10-,11+,12-,13-,14+,15+,16-,17-,18-,21+;/m10./s1. The number of nitrogen functional groups attached to an aromatic ring is 1. The maximum absolute atomic E-state index is 14.5. The van der Waals surface area contributed by atoms with Gasteiger partial charge in [0.1, 0.15) is 84.3 Å². The molecule has 113 heavy (non-hydrogen) atoms. The quantitative estimate of drug-likeness (QED) is 0.00839. The molecule has 0 unspecified atom stereocenters. The molecule has 11 rings (SSSR count). The number of nitrogens with one attached hydrogen (secondary N) is 3. The zero-order chi connectivity index (χ0) is 83.6. The summed E-state index contributed by atoms with van der Waals surface area (Å²) in [4.78, 5) is 77.4. The first kappa shape index (κ1) is 89.7. The minimum atomic E-state index is -2.38. The van der Waals surface area contributed by atoms with Crippen LogP contribution in [-0.4, -0.2) is 299 Å². The van der Waals surface area contributed by atoms with Gasteiger partial charge in [0, 0.05) is 111 Å². The zero-order valence-electron chi connectivity index (χ0n) is 64.7. The Balaban J connectivity index is 0.000000271. The molecule has 6 aliphatic heterocycles. The predicted octanol–water partition coefficient (Wildman–Crippen LogP) is -2.83. The Morgan fingerprint density at radius 3 is 2.00 bits per heavy atom. The molecule has 3 saturated heterocycles. The molecule has 39 nitrogen and oxygen atoms in total. The number of guanidine groups is 2. The second-order valence-corrected chi connectivity index (χ2v) is 29.4. The number of amides is 2. The van der Waals surface area contributed by atoms with Crippen molar-refractivity contribution in [3.63, 3.8) is 0 Å². The Labute approximate surface area is 652 Å². The number of aliphatic hydroxyl groups excluding tert-OH is 8. The lowest BCUT2D eigenvalue weighted by Gasteiger charge is -2.45. The van der Waals surface area contributed by atoms with E-state index in [2.05, 4.69) is 35.6 Å². The van der Waals surface area contributed by atoms with Gasteiger partial charge in [-0.2, -0.15) is 5.10 Å². The smallest absolute Gasteiger partial charge is 0.312 e. The number of likely N-dealkylation sites (N-methyl/N-ethyl adjacent to an activating group) is 1. The van der Waals surface area contributed by atoms with Crippen LogP contribution in [0, 0.1) is 30.6 Å². The van der Waals surface area contributed by atoms with Crippen molar-refractivity contribution in [2.24, 2.45) is 67.5 Å². The summed E-state index contributed by atoms with van der Waals surface area (Å²) in [5, 5.41) is 144. The normalized spacial score (nSPS) is 35.6. The van der Waals surface area contributed by atoms with Crippen LogP contribution in [0.1, 0.15) is 113 Å². The maximum atomic E-state index is 14.5. The van der Waals surface area contributed by atoms with E-state index < -0.39 is 199 Å². The minimum Gasteiger partial charge on any atom is -0.507 e. The van der Waals surface area contributed by atoms with Crippen molar-refractivity contribution in [1.82, 2.24) is 25.6 Å². The SMILES string of the molecule is CN[C@@H]1[C@H](O[C@H]2[C@H](O[C@H]3[C@H](O)[C@@H](O)[C@H](N=C(N)N)[C@@H](O)[C@@H]3N=C(N)N)O[C@@H](C)[C@]2(O)C=O)O[C@@H](CO)[C@H](O)[C@H]1O.CO[C@H]1/C=C/O[C@@]2(C)Oc3c(C)c(O)c4c(O)c(c(/C=N\N5CCN(C6CCCC6)CC5)c(O)c4c3C2=O)NC(=O)/C(C)=C\C=C\[C@@H](C)[C@H](O)[C@@H](C)[C@H](O)[C@@H](C)[C@H](OC(C)=O)[C@@H]1C.NNC(=O)c1ccncc1. The number of phenols is 3. The van der Waals surface area contributed by atoms with Gasteiger partial charge in [0.15, 0.2) is 42.1 Å². The number of benzene rings is 2. The van der Waals surface area contributed by atoms with E-state index >= 15 is 0 Å². The molecule has 3 aromatic rings. The maximum Gasteiger partial charge on any atom is 0.312 e. The van der Waals surface area contributed by atoms with Gasteiger partial charge in [-0.05, 0) is 58.9 Å². The highest BCUT2D eigenvalue weighted by Crippen LogP contribution is 2.55. The van der Waals surface area contributed by atoms with Gasteiger partial charge in [-0.3, -0.25) is 44.3 Å².